The third-order valence-electron chi connectivity index (χ3n) is 4.73. The largest absolute Gasteiger partial charge is 0.392 e. The number of aromatic nitrogens is 2. The molecule has 0 bridgehead atoms. The van der Waals surface area contributed by atoms with Crippen molar-refractivity contribution in [1.29, 1.82) is 0 Å². The molecule has 0 amide bonds. The van der Waals surface area contributed by atoms with Gasteiger partial charge >= 0.3 is 0 Å². The van der Waals surface area contributed by atoms with Crippen molar-refractivity contribution in [3.05, 3.63) is 52.0 Å². The number of thiazole rings is 1. The Hall–Kier alpha value is -1.98. The van der Waals surface area contributed by atoms with Crippen molar-refractivity contribution < 1.29 is 5.11 Å². The number of aryl methyl sites for hydroxylation is 1. The summed E-state index contributed by atoms with van der Waals surface area (Å²) in [5.41, 5.74) is 3.02. The number of hydrogen-bond donors (Lipinski definition) is 1. The minimum Gasteiger partial charge on any atom is -0.392 e. The van der Waals surface area contributed by atoms with Gasteiger partial charge in [-0.15, -0.1) is 11.3 Å². The summed E-state index contributed by atoms with van der Waals surface area (Å²) in [7, 11) is 0. The van der Waals surface area contributed by atoms with Crippen LogP contribution >= 0.6 is 11.3 Å². The summed E-state index contributed by atoms with van der Waals surface area (Å²) in [6.07, 6.45) is 2.18. The molecule has 0 saturated carbocycles. The molecule has 0 atom stereocenters. The number of fused-ring (bicyclic) bond motifs is 1. The first-order chi connectivity index (χ1) is 11.7. The van der Waals surface area contributed by atoms with Crippen molar-refractivity contribution in [2.75, 3.05) is 18.0 Å². The van der Waals surface area contributed by atoms with E-state index in [0.717, 1.165) is 53.9 Å². The van der Waals surface area contributed by atoms with Gasteiger partial charge in [0.05, 0.1) is 17.1 Å². The number of anilines is 1. The molecule has 24 heavy (non-hydrogen) atoms. The van der Waals surface area contributed by atoms with E-state index in [9.17, 15) is 5.11 Å². The van der Waals surface area contributed by atoms with Crippen molar-refractivity contribution >= 4 is 28.1 Å². The number of piperidine rings is 1. The van der Waals surface area contributed by atoms with Crippen LogP contribution in [0.5, 0.6) is 0 Å². The molecule has 1 aromatic carbocycles. The SMILES string of the molecule is Cc1csc(C2CCN(c3nc4ccccc4cc3CO)CC2)n1. The monoisotopic (exact) mass is 339 g/mol. The number of aliphatic hydroxyl groups excluding tert-OH is 1. The van der Waals surface area contributed by atoms with E-state index < -0.39 is 0 Å². The van der Waals surface area contributed by atoms with Gasteiger partial charge in [-0.25, -0.2) is 9.97 Å². The molecule has 2 aromatic heterocycles. The van der Waals surface area contributed by atoms with Crippen LogP contribution in [0.25, 0.3) is 10.9 Å². The van der Waals surface area contributed by atoms with E-state index in [1.807, 2.05) is 24.3 Å². The molecule has 3 aromatic rings. The van der Waals surface area contributed by atoms with E-state index >= 15 is 0 Å². The summed E-state index contributed by atoms with van der Waals surface area (Å²) in [6.45, 7) is 4.00. The zero-order valence-corrected chi connectivity index (χ0v) is 14.6. The third kappa shape index (κ3) is 2.89. The molecule has 1 N–H and O–H groups in total. The first-order valence-corrected chi connectivity index (χ1v) is 9.29. The lowest BCUT2D eigenvalue weighted by molar-refractivity contribution is 0.281. The number of nitrogens with zero attached hydrogens (tertiary/aromatic N) is 3. The van der Waals surface area contributed by atoms with Gasteiger partial charge in [-0.3, -0.25) is 0 Å². The van der Waals surface area contributed by atoms with Crippen LogP contribution in [-0.4, -0.2) is 28.2 Å². The lowest BCUT2D eigenvalue weighted by Crippen LogP contribution is -2.34. The Morgan fingerprint density at radius 2 is 2.00 bits per heavy atom. The molecular weight excluding hydrogens is 318 g/mol. The summed E-state index contributed by atoms with van der Waals surface area (Å²) in [5, 5.41) is 14.2. The molecule has 1 saturated heterocycles. The maximum Gasteiger partial charge on any atom is 0.134 e. The molecule has 3 heterocycles. The Morgan fingerprint density at radius 1 is 1.21 bits per heavy atom. The Balaban J connectivity index is 1.57. The lowest BCUT2D eigenvalue weighted by Gasteiger charge is -2.33. The summed E-state index contributed by atoms with van der Waals surface area (Å²) < 4.78 is 0. The van der Waals surface area contributed by atoms with Crippen LogP contribution in [0.4, 0.5) is 5.82 Å². The molecule has 0 radical (unpaired) electrons. The fourth-order valence-corrected chi connectivity index (χ4v) is 4.41. The van der Waals surface area contributed by atoms with Crippen LogP contribution in [0.1, 0.15) is 35.0 Å². The normalized spacial score (nSPS) is 16.0. The van der Waals surface area contributed by atoms with Crippen LogP contribution in [0, 0.1) is 6.92 Å². The van der Waals surface area contributed by atoms with Crippen molar-refractivity contribution in [1.82, 2.24) is 9.97 Å². The maximum atomic E-state index is 9.77. The Morgan fingerprint density at radius 3 is 2.71 bits per heavy atom. The highest BCUT2D eigenvalue weighted by Crippen LogP contribution is 2.33. The van der Waals surface area contributed by atoms with Crippen LogP contribution < -0.4 is 4.90 Å². The van der Waals surface area contributed by atoms with E-state index in [2.05, 4.69) is 28.3 Å². The predicted octanol–water partition coefficient (Wildman–Crippen LogP) is 3.88. The fourth-order valence-electron chi connectivity index (χ4n) is 3.44. The highest BCUT2D eigenvalue weighted by atomic mass is 32.1. The predicted molar refractivity (Wildman–Crippen MR) is 98.7 cm³/mol. The highest BCUT2D eigenvalue weighted by Gasteiger charge is 2.25. The molecule has 4 nitrogen and oxygen atoms in total. The number of benzene rings is 1. The summed E-state index contributed by atoms with van der Waals surface area (Å²) >= 11 is 1.78. The van der Waals surface area contributed by atoms with Crippen molar-refractivity contribution in [2.45, 2.75) is 32.3 Å². The number of pyridine rings is 1. The van der Waals surface area contributed by atoms with Crippen molar-refractivity contribution in [2.24, 2.45) is 0 Å². The van der Waals surface area contributed by atoms with E-state index in [-0.39, 0.29) is 6.61 Å². The molecule has 0 unspecified atom stereocenters. The molecule has 1 fully saturated rings. The van der Waals surface area contributed by atoms with Gasteiger partial charge in [0.1, 0.15) is 5.82 Å². The topological polar surface area (TPSA) is 49.2 Å². The number of aliphatic hydroxyl groups is 1. The Labute approximate surface area is 145 Å². The lowest BCUT2D eigenvalue weighted by atomic mass is 9.97. The summed E-state index contributed by atoms with van der Waals surface area (Å²) in [5.74, 6) is 1.49. The second-order valence-corrected chi connectivity index (χ2v) is 7.30. The van der Waals surface area contributed by atoms with Gasteiger partial charge in [-0.05, 0) is 31.9 Å². The van der Waals surface area contributed by atoms with Gasteiger partial charge in [0, 0.05) is 41.0 Å². The summed E-state index contributed by atoms with van der Waals surface area (Å²) in [4.78, 5) is 11.8. The van der Waals surface area contributed by atoms with E-state index in [1.165, 1.54) is 5.01 Å². The Bertz CT molecular complexity index is 853. The van der Waals surface area contributed by atoms with Gasteiger partial charge in [-0.2, -0.15) is 0 Å². The Kier molecular flexibility index (Phi) is 4.21. The molecule has 1 aliphatic rings. The van der Waals surface area contributed by atoms with Crippen LogP contribution in [0.15, 0.2) is 35.7 Å². The van der Waals surface area contributed by atoms with E-state index in [4.69, 9.17) is 4.98 Å². The van der Waals surface area contributed by atoms with Crippen molar-refractivity contribution in [3.8, 4) is 0 Å². The van der Waals surface area contributed by atoms with Gasteiger partial charge < -0.3 is 10.0 Å². The van der Waals surface area contributed by atoms with Crippen LogP contribution in [-0.2, 0) is 6.61 Å². The fraction of sp³-hybridized carbons (Fsp3) is 0.368. The second-order valence-electron chi connectivity index (χ2n) is 6.41. The number of para-hydroxylation sites is 1. The van der Waals surface area contributed by atoms with E-state index in [1.54, 1.807) is 11.3 Å². The van der Waals surface area contributed by atoms with Gasteiger partial charge in [0.25, 0.3) is 0 Å². The smallest absolute Gasteiger partial charge is 0.134 e. The highest BCUT2D eigenvalue weighted by molar-refractivity contribution is 7.09. The van der Waals surface area contributed by atoms with Gasteiger partial charge in [0.15, 0.2) is 0 Å². The zero-order valence-electron chi connectivity index (χ0n) is 13.8. The molecule has 0 aliphatic carbocycles. The second kappa shape index (κ2) is 6.49. The van der Waals surface area contributed by atoms with Crippen LogP contribution in [0.3, 0.4) is 0 Å². The molecule has 4 rings (SSSR count). The van der Waals surface area contributed by atoms with Gasteiger partial charge in [0.2, 0.25) is 0 Å². The molecule has 0 spiro atoms. The first kappa shape index (κ1) is 15.5. The van der Waals surface area contributed by atoms with Crippen LogP contribution in [0.2, 0.25) is 0 Å². The third-order valence-corrected chi connectivity index (χ3v) is 5.86. The zero-order chi connectivity index (χ0) is 16.5. The number of rotatable bonds is 3. The number of hydrogen-bond acceptors (Lipinski definition) is 5. The van der Waals surface area contributed by atoms with Gasteiger partial charge in [-0.1, -0.05) is 18.2 Å². The average molecular weight is 339 g/mol. The van der Waals surface area contributed by atoms with E-state index in [0.29, 0.717) is 5.92 Å². The molecular formula is C19H21N3OS. The quantitative estimate of drug-likeness (QED) is 0.787. The summed E-state index contributed by atoms with van der Waals surface area (Å²) in [6, 6.07) is 10.2. The average Bonchev–Trinajstić information content (AvgIpc) is 3.07. The molecule has 5 heteroatoms. The molecule has 124 valence electrons. The molecule has 1 aliphatic heterocycles. The maximum absolute atomic E-state index is 9.77. The minimum absolute atomic E-state index is 0.0266. The van der Waals surface area contributed by atoms with Crippen molar-refractivity contribution in [3.63, 3.8) is 0 Å². The standard InChI is InChI=1S/C19H21N3OS/c1-13-12-24-19(20-13)14-6-8-22(9-7-14)18-16(11-23)10-15-4-2-3-5-17(15)21-18/h2-5,10,12,14,23H,6-9,11H2,1H3. The first-order valence-electron chi connectivity index (χ1n) is 8.41. The minimum atomic E-state index is 0.0266.